The number of hydrogen-bond donors (Lipinski definition) is 0. The van der Waals surface area contributed by atoms with Crippen molar-refractivity contribution in [3.05, 3.63) is 66.0 Å². The fourth-order valence-corrected chi connectivity index (χ4v) is 3.66. The zero-order chi connectivity index (χ0) is 18.4. The van der Waals surface area contributed by atoms with E-state index in [1.807, 2.05) is 17.9 Å². The summed E-state index contributed by atoms with van der Waals surface area (Å²) in [7, 11) is 0. The van der Waals surface area contributed by atoms with Crippen LogP contribution in [-0.2, 0) is 11.2 Å². The van der Waals surface area contributed by atoms with Gasteiger partial charge in [0.25, 0.3) is 0 Å². The molecule has 0 bridgehead atoms. The maximum absolute atomic E-state index is 13.2. The molecule has 2 aromatic carbocycles. The Bertz CT molecular complexity index is 694. The first-order valence-electron chi connectivity index (χ1n) is 9.51. The Morgan fingerprint density at radius 2 is 1.73 bits per heavy atom. The number of anilines is 1. The summed E-state index contributed by atoms with van der Waals surface area (Å²) in [6.07, 6.45) is 3.43. The third kappa shape index (κ3) is 4.70. The van der Waals surface area contributed by atoms with Gasteiger partial charge in [0, 0.05) is 37.8 Å². The fourth-order valence-electron chi connectivity index (χ4n) is 3.66. The van der Waals surface area contributed by atoms with Crippen LogP contribution in [0, 0.1) is 5.82 Å². The Hall–Kier alpha value is -2.20. The molecular formula is C22H27FN2O. The molecule has 138 valence electrons. The molecule has 0 atom stereocenters. The second kappa shape index (κ2) is 8.95. The number of carbonyl (C=O) groups is 1. The van der Waals surface area contributed by atoms with E-state index in [-0.39, 0.29) is 17.8 Å². The van der Waals surface area contributed by atoms with Crippen LogP contribution >= 0.6 is 0 Å². The van der Waals surface area contributed by atoms with Gasteiger partial charge >= 0.3 is 0 Å². The molecule has 1 fully saturated rings. The van der Waals surface area contributed by atoms with Crippen molar-refractivity contribution in [2.75, 3.05) is 24.5 Å². The van der Waals surface area contributed by atoms with E-state index in [1.54, 1.807) is 12.1 Å². The monoisotopic (exact) mass is 354 g/mol. The summed E-state index contributed by atoms with van der Waals surface area (Å²) < 4.78 is 13.2. The molecule has 3 nitrogen and oxygen atoms in total. The van der Waals surface area contributed by atoms with Crippen LogP contribution in [0.5, 0.6) is 0 Å². The standard InChI is InChI=1S/C22H27FN2O/c1-2-22(26)25(20-10-8-19(23)9-11-20)21-13-16-24(17-14-21)15-12-18-6-4-3-5-7-18/h3-11,21H,2,12-17H2,1H3. The van der Waals surface area contributed by atoms with Crippen LogP contribution in [0.4, 0.5) is 10.1 Å². The number of rotatable bonds is 6. The Morgan fingerprint density at radius 3 is 2.35 bits per heavy atom. The zero-order valence-electron chi connectivity index (χ0n) is 15.4. The molecule has 0 unspecified atom stereocenters. The molecule has 2 aromatic rings. The summed E-state index contributed by atoms with van der Waals surface area (Å²) >= 11 is 0. The summed E-state index contributed by atoms with van der Waals surface area (Å²) in [6.45, 7) is 4.92. The summed E-state index contributed by atoms with van der Waals surface area (Å²) in [5, 5.41) is 0. The molecule has 1 amide bonds. The van der Waals surface area contributed by atoms with Crippen LogP contribution in [0.1, 0.15) is 31.7 Å². The number of hydrogen-bond acceptors (Lipinski definition) is 2. The van der Waals surface area contributed by atoms with E-state index in [4.69, 9.17) is 0 Å². The van der Waals surface area contributed by atoms with Gasteiger partial charge in [-0.05, 0) is 49.1 Å². The molecule has 0 aliphatic carbocycles. The number of nitrogens with zero attached hydrogens (tertiary/aromatic N) is 2. The van der Waals surface area contributed by atoms with Crippen LogP contribution in [-0.4, -0.2) is 36.5 Å². The van der Waals surface area contributed by atoms with E-state index in [0.29, 0.717) is 6.42 Å². The van der Waals surface area contributed by atoms with Crippen molar-refractivity contribution in [1.29, 1.82) is 0 Å². The van der Waals surface area contributed by atoms with E-state index >= 15 is 0 Å². The second-order valence-corrected chi connectivity index (χ2v) is 6.90. The van der Waals surface area contributed by atoms with Crippen molar-refractivity contribution in [3.63, 3.8) is 0 Å². The number of amides is 1. The summed E-state index contributed by atoms with van der Waals surface area (Å²) in [4.78, 5) is 16.9. The SMILES string of the molecule is CCC(=O)N(c1ccc(F)cc1)C1CCN(CCc2ccccc2)CC1. The van der Waals surface area contributed by atoms with Crippen molar-refractivity contribution in [1.82, 2.24) is 4.90 Å². The van der Waals surface area contributed by atoms with E-state index in [1.165, 1.54) is 17.7 Å². The molecule has 1 saturated heterocycles. The lowest BCUT2D eigenvalue weighted by molar-refractivity contribution is -0.119. The lowest BCUT2D eigenvalue weighted by Crippen LogP contribution is -2.47. The predicted octanol–water partition coefficient (Wildman–Crippen LogP) is 4.28. The van der Waals surface area contributed by atoms with Gasteiger partial charge in [0.05, 0.1) is 0 Å². The van der Waals surface area contributed by atoms with Gasteiger partial charge in [0.15, 0.2) is 0 Å². The molecular weight excluding hydrogens is 327 g/mol. The van der Waals surface area contributed by atoms with Gasteiger partial charge in [-0.15, -0.1) is 0 Å². The van der Waals surface area contributed by atoms with Crippen molar-refractivity contribution in [3.8, 4) is 0 Å². The van der Waals surface area contributed by atoms with Gasteiger partial charge < -0.3 is 9.80 Å². The summed E-state index contributed by atoms with van der Waals surface area (Å²) in [5.41, 5.74) is 2.17. The van der Waals surface area contributed by atoms with Gasteiger partial charge in [-0.25, -0.2) is 4.39 Å². The molecule has 0 spiro atoms. The predicted molar refractivity (Wildman–Crippen MR) is 104 cm³/mol. The van der Waals surface area contributed by atoms with Gasteiger partial charge in [0.2, 0.25) is 5.91 Å². The average molecular weight is 354 g/mol. The lowest BCUT2D eigenvalue weighted by atomic mass is 10.0. The third-order valence-corrected chi connectivity index (χ3v) is 5.16. The van der Waals surface area contributed by atoms with Crippen molar-refractivity contribution in [2.24, 2.45) is 0 Å². The van der Waals surface area contributed by atoms with Crippen molar-refractivity contribution in [2.45, 2.75) is 38.6 Å². The maximum Gasteiger partial charge on any atom is 0.226 e. The van der Waals surface area contributed by atoms with Crippen LogP contribution in [0.15, 0.2) is 54.6 Å². The Labute approximate surface area is 155 Å². The Kier molecular flexibility index (Phi) is 6.40. The fraction of sp³-hybridized carbons (Fsp3) is 0.409. The lowest BCUT2D eigenvalue weighted by Gasteiger charge is -2.38. The highest BCUT2D eigenvalue weighted by Crippen LogP contribution is 2.25. The molecule has 1 aliphatic rings. The molecule has 1 heterocycles. The topological polar surface area (TPSA) is 23.6 Å². The number of piperidine rings is 1. The molecule has 3 rings (SSSR count). The smallest absolute Gasteiger partial charge is 0.226 e. The molecule has 0 N–H and O–H groups in total. The van der Waals surface area contributed by atoms with Crippen LogP contribution in [0.3, 0.4) is 0 Å². The Morgan fingerprint density at radius 1 is 1.08 bits per heavy atom. The highest BCUT2D eigenvalue weighted by molar-refractivity contribution is 5.93. The van der Waals surface area contributed by atoms with E-state index in [0.717, 1.165) is 44.6 Å². The number of likely N-dealkylation sites (tertiary alicyclic amines) is 1. The largest absolute Gasteiger partial charge is 0.309 e. The first-order chi connectivity index (χ1) is 12.7. The zero-order valence-corrected chi connectivity index (χ0v) is 15.4. The third-order valence-electron chi connectivity index (χ3n) is 5.16. The van der Waals surface area contributed by atoms with Gasteiger partial charge in [0.1, 0.15) is 5.82 Å². The minimum Gasteiger partial charge on any atom is -0.309 e. The second-order valence-electron chi connectivity index (χ2n) is 6.90. The van der Waals surface area contributed by atoms with Gasteiger partial charge in [-0.3, -0.25) is 4.79 Å². The van der Waals surface area contributed by atoms with E-state index in [2.05, 4.69) is 29.2 Å². The average Bonchev–Trinajstić information content (AvgIpc) is 2.69. The molecule has 0 saturated carbocycles. The van der Waals surface area contributed by atoms with Crippen molar-refractivity contribution < 1.29 is 9.18 Å². The van der Waals surface area contributed by atoms with Crippen LogP contribution in [0.2, 0.25) is 0 Å². The summed E-state index contributed by atoms with van der Waals surface area (Å²) in [5.74, 6) is -0.160. The minimum atomic E-state index is -0.270. The highest BCUT2D eigenvalue weighted by atomic mass is 19.1. The first kappa shape index (κ1) is 18.6. The van der Waals surface area contributed by atoms with Crippen molar-refractivity contribution >= 4 is 11.6 Å². The summed E-state index contributed by atoms with van der Waals surface area (Å²) in [6, 6.07) is 17.0. The quantitative estimate of drug-likeness (QED) is 0.773. The van der Waals surface area contributed by atoms with Gasteiger partial charge in [-0.1, -0.05) is 37.3 Å². The minimum absolute atomic E-state index is 0.111. The number of benzene rings is 2. The maximum atomic E-state index is 13.2. The molecule has 4 heteroatoms. The molecule has 0 radical (unpaired) electrons. The Balaban J connectivity index is 1.59. The normalized spacial score (nSPS) is 15.8. The van der Waals surface area contributed by atoms with E-state index < -0.39 is 0 Å². The molecule has 0 aromatic heterocycles. The van der Waals surface area contributed by atoms with Crippen LogP contribution in [0.25, 0.3) is 0 Å². The van der Waals surface area contributed by atoms with Gasteiger partial charge in [-0.2, -0.15) is 0 Å². The molecule has 1 aliphatic heterocycles. The van der Waals surface area contributed by atoms with E-state index in [9.17, 15) is 9.18 Å². The highest BCUT2D eigenvalue weighted by Gasteiger charge is 2.28. The van der Waals surface area contributed by atoms with Crippen LogP contribution < -0.4 is 4.90 Å². The first-order valence-corrected chi connectivity index (χ1v) is 9.51. The number of halogens is 1. The molecule has 26 heavy (non-hydrogen) atoms. The number of carbonyl (C=O) groups excluding carboxylic acids is 1.